The van der Waals surface area contributed by atoms with Crippen molar-refractivity contribution < 1.29 is 14.0 Å². The number of carbonyl (C=O) groups is 2. The van der Waals surface area contributed by atoms with Crippen molar-refractivity contribution >= 4 is 29.7 Å². The van der Waals surface area contributed by atoms with Crippen LogP contribution in [0, 0.1) is 5.82 Å². The third kappa shape index (κ3) is 4.14. The van der Waals surface area contributed by atoms with E-state index in [1.807, 2.05) is 0 Å². The smallest absolute Gasteiger partial charge is 0.342 e. The Bertz CT molecular complexity index is 803. The third-order valence-electron chi connectivity index (χ3n) is 4.24. The molecule has 3 N–H and O–H groups in total. The van der Waals surface area contributed by atoms with E-state index in [9.17, 15) is 14.0 Å². The summed E-state index contributed by atoms with van der Waals surface area (Å²) in [5.74, 6) is -0.297. The van der Waals surface area contributed by atoms with E-state index in [1.54, 1.807) is 17.0 Å². The molecule has 0 aliphatic carbocycles. The van der Waals surface area contributed by atoms with Crippen molar-refractivity contribution in [3.63, 3.8) is 0 Å². The van der Waals surface area contributed by atoms with Crippen LogP contribution in [0.4, 0.5) is 14.0 Å². The Hall–Kier alpha value is -2.90. The summed E-state index contributed by atoms with van der Waals surface area (Å²) >= 11 is 0. The average molecular weight is 345 g/mol. The molecule has 1 aromatic carbocycles. The molecule has 1 aromatic heterocycles. The summed E-state index contributed by atoms with van der Waals surface area (Å²) in [4.78, 5) is 31.7. The molecular weight excluding hydrogens is 325 g/mol. The Labute approximate surface area is 144 Å². The number of nitrogens with zero attached hydrogens (tertiary/aromatic N) is 2. The zero-order valence-corrected chi connectivity index (χ0v) is 13.7. The summed E-state index contributed by atoms with van der Waals surface area (Å²) in [6.07, 6.45) is 1.61. The van der Waals surface area contributed by atoms with E-state index >= 15 is 0 Å². The van der Waals surface area contributed by atoms with Gasteiger partial charge in [-0.05, 0) is 43.8 Å². The molecule has 0 unspecified atom stereocenters. The Kier molecular flexibility index (Phi) is 4.97. The molecule has 0 bridgehead atoms. The molecule has 3 rings (SSSR count). The minimum absolute atomic E-state index is 0.115. The number of likely N-dealkylation sites (tertiary alicyclic amines) is 1. The minimum Gasteiger partial charge on any atom is -0.357 e. The molecule has 0 radical (unpaired) electrons. The van der Waals surface area contributed by atoms with Crippen LogP contribution >= 0.6 is 0 Å². The van der Waals surface area contributed by atoms with Crippen molar-refractivity contribution in [1.29, 1.82) is 0 Å². The third-order valence-corrected chi connectivity index (χ3v) is 4.24. The van der Waals surface area contributed by atoms with Gasteiger partial charge in [-0.15, -0.1) is 0 Å². The molecule has 1 fully saturated rings. The van der Waals surface area contributed by atoms with Crippen molar-refractivity contribution in [2.24, 2.45) is 4.99 Å². The van der Waals surface area contributed by atoms with E-state index < -0.39 is 0 Å². The lowest BCUT2D eigenvalue weighted by molar-refractivity contribution is 0.180. The van der Waals surface area contributed by atoms with Crippen LogP contribution in [0.2, 0.25) is 0 Å². The van der Waals surface area contributed by atoms with Crippen molar-refractivity contribution in [3.05, 3.63) is 35.8 Å². The van der Waals surface area contributed by atoms with Gasteiger partial charge in [0, 0.05) is 35.7 Å². The predicted molar refractivity (Wildman–Crippen MR) is 93.2 cm³/mol. The highest BCUT2D eigenvalue weighted by molar-refractivity contribution is 5.81. The first kappa shape index (κ1) is 16.9. The van der Waals surface area contributed by atoms with Crippen LogP contribution in [0.25, 0.3) is 10.9 Å². The summed E-state index contributed by atoms with van der Waals surface area (Å²) in [5, 5.41) is 6.39. The second-order valence-electron chi connectivity index (χ2n) is 6.08. The van der Waals surface area contributed by atoms with Crippen LogP contribution in [0.5, 0.6) is 0 Å². The van der Waals surface area contributed by atoms with Gasteiger partial charge in [0.2, 0.25) is 0 Å². The molecule has 0 saturated carbocycles. The number of aliphatic imine (C=N–C) groups is 1. The first-order valence-corrected chi connectivity index (χ1v) is 8.12. The number of carbonyl (C=O) groups excluding carboxylic acids is 2. The van der Waals surface area contributed by atoms with E-state index in [2.05, 4.69) is 27.3 Å². The average Bonchev–Trinajstić information content (AvgIpc) is 3.01. The summed E-state index contributed by atoms with van der Waals surface area (Å²) in [6, 6.07) is 5.50. The van der Waals surface area contributed by atoms with Crippen molar-refractivity contribution in [1.82, 2.24) is 20.5 Å². The van der Waals surface area contributed by atoms with Crippen molar-refractivity contribution in [2.45, 2.75) is 25.4 Å². The highest BCUT2D eigenvalue weighted by atomic mass is 19.1. The fraction of sp³-hybridized carbons (Fsp3) is 0.353. The number of benzene rings is 1. The Morgan fingerprint density at radius 1 is 1.40 bits per heavy atom. The molecule has 2 heterocycles. The number of H-pyrrole nitrogens is 1. The Balaban J connectivity index is 1.51. The van der Waals surface area contributed by atoms with Crippen LogP contribution in [-0.2, 0) is 6.54 Å². The number of amides is 4. The van der Waals surface area contributed by atoms with Crippen molar-refractivity contribution in [2.75, 3.05) is 13.1 Å². The van der Waals surface area contributed by atoms with Crippen LogP contribution < -0.4 is 10.6 Å². The summed E-state index contributed by atoms with van der Waals surface area (Å²) < 4.78 is 13.2. The van der Waals surface area contributed by atoms with E-state index in [4.69, 9.17) is 0 Å². The molecule has 0 spiro atoms. The molecule has 4 amide bonds. The second-order valence-corrected chi connectivity index (χ2v) is 6.08. The van der Waals surface area contributed by atoms with Gasteiger partial charge < -0.3 is 20.5 Å². The molecule has 1 aliphatic heterocycles. The molecule has 2 aromatic rings. The van der Waals surface area contributed by atoms with Gasteiger partial charge in [-0.25, -0.2) is 19.0 Å². The number of hydrogen-bond acceptors (Lipinski definition) is 2. The molecule has 1 atom stereocenters. The first-order chi connectivity index (χ1) is 12.0. The topological polar surface area (TPSA) is 89.6 Å². The van der Waals surface area contributed by atoms with E-state index in [-0.39, 0.29) is 23.9 Å². The first-order valence-electron chi connectivity index (χ1n) is 8.12. The monoisotopic (exact) mass is 345 g/mol. The number of fused-ring (bicyclic) bond motifs is 1. The van der Waals surface area contributed by atoms with Gasteiger partial charge in [0.25, 0.3) is 0 Å². The number of hydrogen-bond donors (Lipinski definition) is 3. The van der Waals surface area contributed by atoms with Gasteiger partial charge in [-0.2, -0.15) is 0 Å². The fourth-order valence-corrected chi connectivity index (χ4v) is 3.04. The number of urea groups is 2. The zero-order chi connectivity index (χ0) is 17.8. The van der Waals surface area contributed by atoms with E-state index in [1.165, 1.54) is 12.1 Å². The summed E-state index contributed by atoms with van der Waals surface area (Å²) in [6.45, 7) is 4.59. The standard InChI is InChI=1S/C17H20FN5O2/c1-19-17(25)23-6-2-3-13(10-23)22-16(24)20-9-14-8-11-7-12(18)4-5-15(11)21-14/h4-5,7-8,13,21H,1-3,6,9-10H2,(H2,20,22,24)/t13-/m1/s1. The SMILES string of the molecule is C=NC(=O)N1CCC[C@@H](NC(=O)NCc2cc3cc(F)ccc3[nH]2)C1. The number of aromatic nitrogens is 1. The van der Waals surface area contributed by atoms with E-state index in [0.29, 0.717) is 19.6 Å². The molecule has 1 aliphatic rings. The van der Waals surface area contributed by atoms with Crippen LogP contribution in [0.3, 0.4) is 0 Å². The van der Waals surface area contributed by atoms with Crippen LogP contribution in [0.15, 0.2) is 29.3 Å². The highest BCUT2D eigenvalue weighted by Crippen LogP contribution is 2.16. The molecule has 1 saturated heterocycles. The quantitative estimate of drug-likeness (QED) is 0.746. The number of rotatable bonds is 3. The number of halogens is 1. The minimum atomic E-state index is -0.364. The van der Waals surface area contributed by atoms with Crippen LogP contribution in [0.1, 0.15) is 18.5 Å². The molecule has 8 heteroatoms. The van der Waals surface area contributed by atoms with E-state index in [0.717, 1.165) is 29.4 Å². The maximum absolute atomic E-state index is 13.2. The highest BCUT2D eigenvalue weighted by Gasteiger charge is 2.24. The summed E-state index contributed by atoms with van der Waals surface area (Å²) in [5.41, 5.74) is 1.60. The second kappa shape index (κ2) is 7.33. The summed E-state index contributed by atoms with van der Waals surface area (Å²) in [7, 11) is 0. The lowest BCUT2D eigenvalue weighted by Crippen LogP contribution is -2.51. The fourth-order valence-electron chi connectivity index (χ4n) is 3.04. The van der Waals surface area contributed by atoms with Gasteiger partial charge in [0.15, 0.2) is 0 Å². The van der Waals surface area contributed by atoms with Crippen molar-refractivity contribution in [3.8, 4) is 0 Å². The number of nitrogens with one attached hydrogen (secondary N) is 3. The van der Waals surface area contributed by atoms with Gasteiger partial charge in [0.1, 0.15) is 5.82 Å². The zero-order valence-electron chi connectivity index (χ0n) is 13.7. The predicted octanol–water partition coefficient (Wildman–Crippen LogP) is 2.39. The largest absolute Gasteiger partial charge is 0.357 e. The van der Waals surface area contributed by atoms with Gasteiger partial charge in [0.05, 0.1) is 6.54 Å². The number of aromatic amines is 1. The maximum Gasteiger partial charge on any atom is 0.342 e. The van der Waals surface area contributed by atoms with Gasteiger partial charge in [-0.1, -0.05) is 0 Å². The normalized spacial score (nSPS) is 17.3. The lowest BCUT2D eigenvalue weighted by atomic mass is 10.1. The lowest BCUT2D eigenvalue weighted by Gasteiger charge is -2.31. The Morgan fingerprint density at radius 2 is 2.24 bits per heavy atom. The molecule has 132 valence electrons. The number of piperidine rings is 1. The van der Waals surface area contributed by atoms with Gasteiger partial charge >= 0.3 is 12.1 Å². The molecule has 25 heavy (non-hydrogen) atoms. The molecule has 7 nitrogen and oxygen atoms in total. The Morgan fingerprint density at radius 3 is 3.04 bits per heavy atom. The maximum atomic E-state index is 13.2. The molecular formula is C17H20FN5O2. The van der Waals surface area contributed by atoms with Gasteiger partial charge in [-0.3, -0.25) is 0 Å². The van der Waals surface area contributed by atoms with Crippen LogP contribution in [-0.4, -0.2) is 47.8 Å².